The van der Waals surface area contributed by atoms with Crippen molar-refractivity contribution in [3.63, 3.8) is 0 Å². The number of benzene rings is 1. The molecule has 11 heteroatoms. The fourth-order valence-electron chi connectivity index (χ4n) is 4.33. The van der Waals surface area contributed by atoms with E-state index in [2.05, 4.69) is 24.7 Å². The summed E-state index contributed by atoms with van der Waals surface area (Å²) in [6, 6.07) is 4.16. The quantitative estimate of drug-likeness (QED) is 0.397. The van der Waals surface area contributed by atoms with Crippen LogP contribution < -0.4 is 15.0 Å². The molecule has 2 atom stereocenters. The van der Waals surface area contributed by atoms with Gasteiger partial charge in [-0.3, -0.25) is 9.48 Å². The van der Waals surface area contributed by atoms with E-state index in [0.29, 0.717) is 17.5 Å². The molecule has 2 N–H and O–H groups in total. The van der Waals surface area contributed by atoms with Crippen LogP contribution in [0, 0.1) is 0 Å². The summed E-state index contributed by atoms with van der Waals surface area (Å²) in [6.07, 6.45) is 0.743. The van der Waals surface area contributed by atoms with Gasteiger partial charge in [-0.1, -0.05) is 20.2 Å². The molecule has 0 saturated carbocycles. The lowest BCUT2D eigenvalue weighted by molar-refractivity contribution is 0.297. The summed E-state index contributed by atoms with van der Waals surface area (Å²) in [4.78, 5) is 22.2. The lowest BCUT2D eigenvalue weighted by Crippen LogP contribution is -2.31. The van der Waals surface area contributed by atoms with E-state index in [4.69, 9.17) is 13.0 Å². The van der Waals surface area contributed by atoms with Crippen LogP contribution in [-0.4, -0.2) is 65.8 Å². The fraction of sp³-hybridized carbons (Fsp3) is 0.560. The molecule has 0 aliphatic carbocycles. The number of sulfonamides is 1. The summed E-state index contributed by atoms with van der Waals surface area (Å²) >= 11 is 0. The summed E-state index contributed by atoms with van der Waals surface area (Å²) < 4.78 is 83.2. The number of hydrogen-bond acceptors (Lipinski definition) is 7. The second-order valence-electron chi connectivity index (χ2n) is 8.84. The first-order valence-corrected chi connectivity index (χ1v) is 13.4. The van der Waals surface area contributed by atoms with Gasteiger partial charge >= 0.3 is 0 Å². The molecule has 1 fully saturated rings. The predicted octanol–water partition coefficient (Wildman–Crippen LogP) is 2.83. The van der Waals surface area contributed by atoms with Gasteiger partial charge in [-0.15, -0.1) is 0 Å². The van der Waals surface area contributed by atoms with Crippen LogP contribution in [0.1, 0.15) is 59.8 Å². The maximum Gasteiger partial charge on any atom is 0.277 e. The molecule has 2 unspecified atom stereocenters. The topological polar surface area (TPSA) is 122 Å². The van der Waals surface area contributed by atoms with Crippen LogP contribution in [0.25, 0.3) is 22.4 Å². The number of H-pyrrole nitrogens is 1. The normalized spacial score (nSPS) is 20.8. The van der Waals surface area contributed by atoms with Crippen LogP contribution in [0.5, 0.6) is 5.75 Å². The lowest BCUT2D eigenvalue weighted by Gasteiger charge is -2.19. The Morgan fingerprint density at radius 3 is 2.89 bits per heavy atom. The summed E-state index contributed by atoms with van der Waals surface area (Å²) in [5, 5.41) is 4.02. The van der Waals surface area contributed by atoms with Crippen molar-refractivity contribution in [3.8, 4) is 17.1 Å². The Balaban J connectivity index is 1.81. The first-order valence-electron chi connectivity index (χ1n) is 15.0. The van der Waals surface area contributed by atoms with Crippen molar-refractivity contribution in [3.05, 3.63) is 34.2 Å². The van der Waals surface area contributed by atoms with Crippen molar-refractivity contribution >= 4 is 21.1 Å². The van der Waals surface area contributed by atoms with Crippen molar-refractivity contribution in [1.82, 2.24) is 29.4 Å². The first-order chi connectivity index (χ1) is 19.5. The number of rotatable bonds is 11. The molecule has 3 heterocycles. The highest BCUT2D eigenvalue weighted by Gasteiger charge is 2.23. The van der Waals surface area contributed by atoms with Gasteiger partial charge in [-0.2, -0.15) is 5.10 Å². The van der Waals surface area contributed by atoms with Gasteiger partial charge in [-0.05, 0) is 63.9 Å². The number of nitrogens with zero attached hydrogens (tertiary/aromatic N) is 4. The fourth-order valence-corrected chi connectivity index (χ4v) is 5.31. The highest BCUT2D eigenvalue weighted by atomic mass is 32.2. The second-order valence-corrected chi connectivity index (χ2v) is 10.6. The maximum atomic E-state index is 13.3. The van der Waals surface area contributed by atoms with Crippen molar-refractivity contribution in [1.29, 1.82) is 0 Å². The van der Waals surface area contributed by atoms with E-state index in [1.807, 2.05) is 14.0 Å². The Bertz CT molecular complexity index is 1600. The highest BCUT2D eigenvalue weighted by molar-refractivity contribution is 7.89. The standard InChI is InChI=1S/C25H36N6O4S/c1-5-8-20-22-23(31(4)29-20)25(32)28-24(27-22)19-16-18(10-11-21(19)35-15-6-2)36(33,34)26-13-12-17-9-7-14-30(17)3/h10-11,16-17,26H,5-9,12-15H2,1-4H3,(H,27,28,32)/i4D3,5D2,13D. The monoisotopic (exact) mass is 522 g/mol. The van der Waals surface area contributed by atoms with Crippen LogP contribution in [0.15, 0.2) is 27.9 Å². The Kier molecular flexibility index (Phi) is 5.97. The van der Waals surface area contributed by atoms with Crippen LogP contribution in [0.3, 0.4) is 0 Å². The molecule has 0 bridgehead atoms. The molecule has 0 radical (unpaired) electrons. The number of likely N-dealkylation sites (tertiary alicyclic amines) is 1. The third-order valence-electron chi connectivity index (χ3n) is 6.22. The molecule has 36 heavy (non-hydrogen) atoms. The minimum Gasteiger partial charge on any atom is -0.493 e. The first kappa shape index (κ1) is 19.4. The zero-order chi connectivity index (χ0) is 31.0. The molecule has 1 aromatic carbocycles. The van der Waals surface area contributed by atoms with Gasteiger partial charge in [-0.25, -0.2) is 18.1 Å². The van der Waals surface area contributed by atoms with Crippen molar-refractivity contribution in [2.45, 2.75) is 63.3 Å². The third-order valence-corrected chi connectivity index (χ3v) is 7.57. The number of aryl methyl sites for hydroxylation is 2. The summed E-state index contributed by atoms with van der Waals surface area (Å²) in [7, 11) is -2.21. The molecular formula is C25H36N6O4S. The number of fused-ring (bicyclic) bond motifs is 1. The van der Waals surface area contributed by atoms with Crippen LogP contribution in [0.2, 0.25) is 0 Å². The number of hydrogen-bond donors (Lipinski definition) is 2. The SMILES string of the molecule is [2H]C(CC1CCCN1C)NS(=O)(=O)c1ccc(OCCC)c(-c2nc3c(CC([2H])([2H])C)nn(C([2H])([2H])[2H])c3c(=O)[nH]2)c1. The van der Waals surface area contributed by atoms with E-state index in [1.54, 1.807) is 0 Å². The van der Waals surface area contributed by atoms with Crippen molar-refractivity contribution in [2.24, 2.45) is 6.98 Å². The Labute approximate surface area is 220 Å². The van der Waals surface area contributed by atoms with Crippen LogP contribution >= 0.6 is 0 Å². The van der Waals surface area contributed by atoms with E-state index in [-0.39, 0.29) is 57.8 Å². The number of aromatic nitrogens is 4. The summed E-state index contributed by atoms with van der Waals surface area (Å²) in [5.41, 5.74) is -1.23. The van der Waals surface area contributed by atoms with E-state index in [1.165, 1.54) is 25.1 Å². The zero-order valence-corrected chi connectivity index (χ0v) is 21.5. The second kappa shape index (κ2) is 11.1. The van der Waals surface area contributed by atoms with Crippen molar-refractivity contribution < 1.29 is 21.4 Å². The smallest absolute Gasteiger partial charge is 0.277 e. The number of aromatic amines is 1. The van der Waals surface area contributed by atoms with Crippen LogP contribution in [0.4, 0.5) is 0 Å². The minimum absolute atomic E-state index is 0.0311. The van der Waals surface area contributed by atoms with Gasteiger partial charge in [0.2, 0.25) is 10.0 Å². The molecular weight excluding hydrogens is 480 g/mol. The molecule has 4 rings (SSSR count). The Morgan fingerprint density at radius 2 is 2.19 bits per heavy atom. The van der Waals surface area contributed by atoms with Gasteiger partial charge in [0.15, 0.2) is 5.52 Å². The molecule has 10 nitrogen and oxygen atoms in total. The Morgan fingerprint density at radius 1 is 1.36 bits per heavy atom. The van der Waals surface area contributed by atoms with Gasteiger partial charge in [0.05, 0.1) is 22.8 Å². The van der Waals surface area contributed by atoms with E-state index >= 15 is 0 Å². The molecule has 1 saturated heterocycles. The van der Waals surface area contributed by atoms with Gasteiger partial charge in [0, 0.05) is 27.8 Å². The van der Waals surface area contributed by atoms with E-state index in [0.717, 1.165) is 19.4 Å². The highest BCUT2D eigenvalue weighted by Crippen LogP contribution is 2.31. The Hall–Kier alpha value is -2.76. The van der Waals surface area contributed by atoms with E-state index in [9.17, 15) is 13.2 Å². The molecule has 1 aliphatic rings. The average molecular weight is 523 g/mol. The molecule has 1 aliphatic heterocycles. The van der Waals surface area contributed by atoms with Gasteiger partial charge < -0.3 is 14.6 Å². The van der Waals surface area contributed by atoms with Crippen molar-refractivity contribution in [2.75, 3.05) is 26.7 Å². The third kappa shape index (κ3) is 5.47. The minimum atomic E-state index is -4.16. The molecule has 196 valence electrons. The zero-order valence-electron chi connectivity index (χ0n) is 26.7. The summed E-state index contributed by atoms with van der Waals surface area (Å²) in [5.74, 6) is 0.123. The van der Waals surface area contributed by atoms with Gasteiger partial charge in [0.1, 0.15) is 17.1 Å². The number of ether oxygens (including phenoxy) is 1. The maximum absolute atomic E-state index is 13.3. The predicted molar refractivity (Wildman–Crippen MR) is 140 cm³/mol. The van der Waals surface area contributed by atoms with Crippen LogP contribution in [-0.2, 0) is 23.4 Å². The summed E-state index contributed by atoms with van der Waals surface area (Å²) in [6.45, 7) is 0.459. The van der Waals surface area contributed by atoms with E-state index < -0.39 is 35.5 Å². The average Bonchev–Trinajstić information content (AvgIpc) is 3.44. The molecule has 3 aromatic rings. The number of nitrogens with one attached hydrogen (secondary N) is 2. The molecule has 0 spiro atoms. The van der Waals surface area contributed by atoms with Gasteiger partial charge in [0.25, 0.3) is 5.56 Å². The largest absolute Gasteiger partial charge is 0.493 e. The lowest BCUT2D eigenvalue weighted by atomic mass is 10.1. The molecule has 0 amide bonds. The molecule has 2 aromatic heterocycles.